The van der Waals surface area contributed by atoms with Crippen molar-refractivity contribution in [1.82, 2.24) is 5.32 Å². The minimum atomic E-state index is -0.878. The summed E-state index contributed by atoms with van der Waals surface area (Å²) in [6.07, 6.45) is -0.481. The van der Waals surface area contributed by atoms with Crippen molar-refractivity contribution in [2.24, 2.45) is 0 Å². The molecule has 0 radical (unpaired) electrons. The molecular weight excluding hydrogens is 410 g/mol. The van der Waals surface area contributed by atoms with Crippen molar-refractivity contribution in [3.8, 4) is 0 Å². The predicted molar refractivity (Wildman–Crippen MR) is 111 cm³/mol. The smallest absolute Gasteiger partial charge is 0.407 e. The second-order valence-corrected chi connectivity index (χ2v) is 6.19. The maximum Gasteiger partial charge on any atom is 0.407 e. The van der Waals surface area contributed by atoms with Gasteiger partial charge in [-0.15, -0.1) is 0 Å². The highest BCUT2D eigenvalue weighted by molar-refractivity contribution is 5.67. The molecule has 0 aliphatic carbocycles. The number of rotatable bonds is 20. The summed E-state index contributed by atoms with van der Waals surface area (Å²) in [5.41, 5.74) is 0.933. The Morgan fingerprint density at radius 1 is 0.710 bits per heavy atom. The van der Waals surface area contributed by atoms with Crippen LogP contribution in [0, 0.1) is 0 Å². The largest absolute Gasteiger partial charge is 0.481 e. The summed E-state index contributed by atoms with van der Waals surface area (Å²) < 4.78 is 31.5. The van der Waals surface area contributed by atoms with Crippen LogP contribution in [0.15, 0.2) is 30.3 Å². The van der Waals surface area contributed by atoms with Crippen molar-refractivity contribution < 1.29 is 43.1 Å². The fourth-order valence-electron chi connectivity index (χ4n) is 2.14. The molecule has 0 bridgehead atoms. The Morgan fingerprint density at radius 3 is 1.71 bits per heavy atom. The standard InChI is InChI=1S/C21H33NO9/c23-20(24)6-8-26-10-12-28-14-16-30-17-15-29-13-11-27-9-7-22-21(25)31-18-19-4-2-1-3-5-19/h1-5H,6-18H2,(H,22,25)(H,23,24). The minimum Gasteiger partial charge on any atom is -0.481 e. The second kappa shape index (κ2) is 19.7. The van der Waals surface area contributed by atoms with Crippen LogP contribution in [-0.2, 0) is 39.8 Å². The van der Waals surface area contributed by atoms with E-state index in [9.17, 15) is 9.59 Å². The molecule has 0 aromatic heterocycles. The molecule has 0 spiro atoms. The molecular formula is C21H33NO9. The van der Waals surface area contributed by atoms with Gasteiger partial charge < -0.3 is 38.8 Å². The van der Waals surface area contributed by atoms with Crippen molar-refractivity contribution in [2.75, 3.05) is 72.6 Å². The molecule has 176 valence electrons. The van der Waals surface area contributed by atoms with E-state index in [4.69, 9.17) is 33.5 Å². The predicted octanol–water partition coefficient (Wildman–Crippen LogP) is 1.47. The third kappa shape index (κ3) is 18.3. The maximum atomic E-state index is 11.5. The summed E-state index contributed by atoms with van der Waals surface area (Å²) in [6, 6.07) is 9.46. The van der Waals surface area contributed by atoms with Crippen LogP contribution in [0.5, 0.6) is 0 Å². The van der Waals surface area contributed by atoms with Gasteiger partial charge in [0.15, 0.2) is 0 Å². The van der Waals surface area contributed by atoms with Crippen LogP contribution in [0.2, 0.25) is 0 Å². The number of carboxylic acids is 1. The van der Waals surface area contributed by atoms with Crippen molar-refractivity contribution in [2.45, 2.75) is 13.0 Å². The Hall–Kier alpha value is -2.24. The zero-order chi connectivity index (χ0) is 22.4. The van der Waals surface area contributed by atoms with Gasteiger partial charge in [-0.1, -0.05) is 30.3 Å². The number of carbonyl (C=O) groups excluding carboxylic acids is 1. The summed E-state index contributed by atoms with van der Waals surface area (Å²) in [6.45, 7) is 4.56. The number of carboxylic acid groups (broad SMARTS) is 1. The molecule has 0 saturated carbocycles. The van der Waals surface area contributed by atoms with E-state index >= 15 is 0 Å². The fraction of sp³-hybridized carbons (Fsp3) is 0.619. The average molecular weight is 443 g/mol. The number of benzene rings is 1. The minimum absolute atomic E-state index is 0.00509. The first-order chi connectivity index (χ1) is 15.2. The number of aliphatic carboxylic acids is 1. The molecule has 0 atom stereocenters. The lowest BCUT2D eigenvalue weighted by atomic mass is 10.2. The zero-order valence-corrected chi connectivity index (χ0v) is 17.8. The van der Waals surface area contributed by atoms with Gasteiger partial charge in [0, 0.05) is 6.54 Å². The SMILES string of the molecule is O=C(O)CCOCCOCCOCCOCCOCCNC(=O)OCc1ccccc1. The normalized spacial score (nSPS) is 10.7. The van der Waals surface area contributed by atoms with Gasteiger partial charge in [-0.2, -0.15) is 0 Å². The van der Waals surface area contributed by atoms with E-state index in [1.54, 1.807) is 0 Å². The van der Waals surface area contributed by atoms with E-state index in [0.717, 1.165) is 5.56 Å². The molecule has 0 unspecified atom stereocenters. The monoisotopic (exact) mass is 443 g/mol. The van der Waals surface area contributed by atoms with E-state index in [1.165, 1.54) is 0 Å². The topological polar surface area (TPSA) is 122 Å². The average Bonchev–Trinajstić information content (AvgIpc) is 2.77. The van der Waals surface area contributed by atoms with Crippen LogP contribution in [0.25, 0.3) is 0 Å². The highest BCUT2D eigenvalue weighted by atomic mass is 16.6. The number of ether oxygens (including phenoxy) is 6. The Bertz CT molecular complexity index is 571. The van der Waals surface area contributed by atoms with Gasteiger partial charge in [0.25, 0.3) is 0 Å². The van der Waals surface area contributed by atoms with Crippen molar-refractivity contribution in [1.29, 1.82) is 0 Å². The first kappa shape index (κ1) is 26.8. The van der Waals surface area contributed by atoms with E-state index in [2.05, 4.69) is 5.32 Å². The molecule has 1 amide bonds. The number of amides is 1. The summed E-state index contributed by atoms with van der Waals surface area (Å²) in [7, 11) is 0. The van der Waals surface area contributed by atoms with Gasteiger partial charge in [0.05, 0.1) is 72.5 Å². The Kier molecular flexibility index (Phi) is 17.0. The van der Waals surface area contributed by atoms with E-state index in [1.807, 2.05) is 30.3 Å². The number of alkyl carbamates (subject to hydrolysis) is 1. The van der Waals surface area contributed by atoms with Crippen LogP contribution in [0.3, 0.4) is 0 Å². The molecule has 0 heterocycles. The molecule has 10 heteroatoms. The summed E-state index contributed by atoms with van der Waals surface area (Å²) in [4.78, 5) is 21.8. The summed E-state index contributed by atoms with van der Waals surface area (Å²) in [5, 5.41) is 11.1. The van der Waals surface area contributed by atoms with Crippen LogP contribution in [-0.4, -0.2) is 89.8 Å². The van der Waals surface area contributed by atoms with E-state index < -0.39 is 12.1 Å². The van der Waals surface area contributed by atoms with Crippen molar-refractivity contribution >= 4 is 12.1 Å². The maximum absolute atomic E-state index is 11.5. The Morgan fingerprint density at radius 2 is 1.19 bits per heavy atom. The van der Waals surface area contributed by atoms with Gasteiger partial charge in [0.1, 0.15) is 6.61 Å². The van der Waals surface area contributed by atoms with Crippen LogP contribution >= 0.6 is 0 Å². The molecule has 1 aromatic rings. The van der Waals surface area contributed by atoms with Gasteiger partial charge in [0.2, 0.25) is 0 Å². The number of nitrogens with one attached hydrogen (secondary N) is 1. The number of hydrogen-bond acceptors (Lipinski definition) is 8. The quantitative estimate of drug-likeness (QED) is 0.289. The van der Waals surface area contributed by atoms with Crippen LogP contribution in [0.4, 0.5) is 4.79 Å². The van der Waals surface area contributed by atoms with E-state index in [0.29, 0.717) is 66.0 Å². The number of hydrogen-bond donors (Lipinski definition) is 2. The molecule has 0 aliphatic heterocycles. The van der Waals surface area contributed by atoms with E-state index in [-0.39, 0.29) is 19.6 Å². The lowest BCUT2D eigenvalue weighted by Crippen LogP contribution is -2.28. The molecule has 0 fully saturated rings. The van der Waals surface area contributed by atoms with Crippen molar-refractivity contribution in [3.05, 3.63) is 35.9 Å². The number of carbonyl (C=O) groups is 2. The molecule has 31 heavy (non-hydrogen) atoms. The molecule has 0 saturated heterocycles. The summed E-state index contributed by atoms with van der Waals surface area (Å²) >= 11 is 0. The molecule has 1 rings (SSSR count). The lowest BCUT2D eigenvalue weighted by Gasteiger charge is -2.09. The lowest BCUT2D eigenvalue weighted by molar-refractivity contribution is -0.138. The Labute approximate surface area is 182 Å². The van der Waals surface area contributed by atoms with Gasteiger partial charge in [-0.25, -0.2) is 4.79 Å². The van der Waals surface area contributed by atoms with Gasteiger partial charge in [-0.05, 0) is 5.56 Å². The summed E-state index contributed by atoms with van der Waals surface area (Å²) in [5.74, 6) is -0.878. The molecule has 0 aliphatic rings. The first-order valence-corrected chi connectivity index (χ1v) is 10.2. The third-order valence-corrected chi connectivity index (χ3v) is 3.68. The Balaban J connectivity index is 1.73. The molecule has 1 aromatic carbocycles. The highest BCUT2D eigenvalue weighted by Gasteiger charge is 2.01. The van der Waals surface area contributed by atoms with Crippen molar-refractivity contribution in [3.63, 3.8) is 0 Å². The molecule has 2 N–H and O–H groups in total. The first-order valence-electron chi connectivity index (χ1n) is 10.2. The van der Waals surface area contributed by atoms with Gasteiger partial charge >= 0.3 is 12.1 Å². The highest BCUT2D eigenvalue weighted by Crippen LogP contribution is 2.00. The zero-order valence-electron chi connectivity index (χ0n) is 17.8. The molecule has 10 nitrogen and oxygen atoms in total. The second-order valence-electron chi connectivity index (χ2n) is 6.19. The van der Waals surface area contributed by atoms with Crippen LogP contribution in [0.1, 0.15) is 12.0 Å². The van der Waals surface area contributed by atoms with Crippen LogP contribution < -0.4 is 5.32 Å². The van der Waals surface area contributed by atoms with Gasteiger partial charge in [-0.3, -0.25) is 4.79 Å². The third-order valence-electron chi connectivity index (χ3n) is 3.68. The fourth-order valence-corrected chi connectivity index (χ4v) is 2.14.